The maximum atomic E-state index is 2.53. The number of hydrogen-bond acceptors (Lipinski definition) is 2. The Balaban J connectivity index is 1.07. The molecule has 3 unspecified atom stereocenters. The minimum Gasteiger partial charge on any atom is -0.311 e. The van der Waals surface area contributed by atoms with E-state index in [1.807, 2.05) is 0 Å². The molecule has 0 radical (unpaired) electrons. The molecule has 0 amide bonds. The Labute approximate surface area is 333 Å². The fourth-order valence-electron chi connectivity index (χ4n) is 11.3. The van der Waals surface area contributed by atoms with E-state index in [0.717, 1.165) is 18.8 Å². The molecule has 0 aliphatic heterocycles. The first kappa shape index (κ1) is 34.6. The largest absolute Gasteiger partial charge is 0.311 e. The first-order valence-electron chi connectivity index (χ1n) is 20.8. The number of rotatable bonds is 10. The van der Waals surface area contributed by atoms with Crippen molar-refractivity contribution in [1.82, 2.24) is 0 Å². The lowest BCUT2D eigenvalue weighted by atomic mass is 9.64. The molecule has 7 aromatic carbocycles. The lowest BCUT2D eigenvalue weighted by Crippen LogP contribution is -2.34. The third kappa shape index (κ3) is 5.37. The van der Waals surface area contributed by atoms with Crippen LogP contribution in [0.5, 0.6) is 0 Å². The monoisotopic (exact) mass is 726 g/mol. The van der Waals surface area contributed by atoms with E-state index in [2.05, 4.69) is 206 Å². The average molecular weight is 727 g/mol. The lowest BCUT2D eigenvalue weighted by Gasteiger charge is -2.40. The van der Waals surface area contributed by atoms with Gasteiger partial charge in [-0.15, -0.1) is 0 Å². The van der Waals surface area contributed by atoms with Gasteiger partial charge >= 0.3 is 0 Å². The summed E-state index contributed by atoms with van der Waals surface area (Å²) in [5.74, 6) is 1.44. The van der Waals surface area contributed by atoms with E-state index in [-0.39, 0.29) is 10.8 Å². The van der Waals surface area contributed by atoms with Gasteiger partial charge in [-0.2, -0.15) is 0 Å². The van der Waals surface area contributed by atoms with Crippen molar-refractivity contribution in [1.29, 1.82) is 0 Å². The predicted molar refractivity (Wildman–Crippen MR) is 235 cm³/mol. The zero-order valence-electron chi connectivity index (χ0n) is 32.6. The Hall–Kier alpha value is -5.86. The van der Waals surface area contributed by atoms with E-state index in [1.165, 1.54) is 93.2 Å². The van der Waals surface area contributed by atoms with Crippen molar-refractivity contribution in [3.8, 4) is 11.1 Å². The van der Waals surface area contributed by atoms with Crippen LogP contribution in [-0.4, -0.2) is 0 Å². The average Bonchev–Trinajstić information content (AvgIpc) is 3.98. The highest BCUT2D eigenvalue weighted by molar-refractivity contribution is 5.91. The molecule has 2 fully saturated rings. The summed E-state index contributed by atoms with van der Waals surface area (Å²) in [6.45, 7) is 4.74. The summed E-state index contributed by atoms with van der Waals surface area (Å²) < 4.78 is 0. The number of nitrogens with zero attached hydrogens (tertiary/aromatic N) is 2. The summed E-state index contributed by atoms with van der Waals surface area (Å²) in [6.07, 6.45) is 7.33. The van der Waals surface area contributed by atoms with Crippen LogP contribution in [0.2, 0.25) is 0 Å². The number of benzene rings is 7. The fraction of sp³-hybridized carbons (Fsp3) is 0.222. The maximum Gasteiger partial charge on any atom is 0.0508 e. The topological polar surface area (TPSA) is 6.48 Å². The van der Waals surface area contributed by atoms with Gasteiger partial charge in [0.15, 0.2) is 0 Å². The molecular weight excluding hydrogens is 677 g/mol. The van der Waals surface area contributed by atoms with Crippen LogP contribution in [0, 0.1) is 11.8 Å². The van der Waals surface area contributed by atoms with E-state index in [4.69, 9.17) is 0 Å². The summed E-state index contributed by atoms with van der Waals surface area (Å²) in [5, 5.41) is 0. The van der Waals surface area contributed by atoms with Crippen molar-refractivity contribution in [3.05, 3.63) is 204 Å². The molecule has 3 aliphatic carbocycles. The van der Waals surface area contributed by atoms with Crippen LogP contribution in [-0.2, 0) is 10.8 Å². The molecule has 2 bridgehead atoms. The Morgan fingerprint density at radius 3 is 1.46 bits per heavy atom. The Bertz CT molecular complexity index is 2410. The molecule has 10 rings (SSSR count). The molecule has 0 aromatic heterocycles. The summed E-state index contributed by atoms with van der Waals surface area (Å²) in [5.41, 5.74) is 15.8. The van der Waals surface area contributed by atoms with E-state index >= 15 is 0 Å². The second-order valence-electron chi connectivity index (χ2n) is 16.4. The maximum absolute atomic E-state index is 2.53. The minimum absolute atomic E-state index is 0.0110. The smallest absolute Gasteiger partial charge is 0.0508 e. The van der Waals surface area contributed by atoms with Gasteiger partial charge in [0, 0.05) is 39.3 Å². The van der Waals surface area contributed by atoms with Gasteiger partial charge in [0.2, 0.25) is 0 Å². The standard InChI is InChI=1S/C54H50N2/c1-3-53(4-2)50-25-15-14-23-48(50)49-24-16-26-51(52(49)53)56(45-21-12-7-13-22-45)47-35-31-41(32-36-47)54(38-39-27-28-42(54)37-39)40-29-33-46(34-30-40)55(43-17-8-5-9-18-43)44-19-10-6-11-20-44/h5-26,29-36,39,42H,3-4,27-28,37-38H2,1-2H3. The molecule has 0 saturated heterocycles. The van der Waals surface area contributed by atoms with Crippen LogP contribution < -0.4 is 9.80 Å². The van der Waals surface area contributed by atoms with Gasteiger partial charge < -0.3 is 9.80 Å². The molecule has 3 atom stereocenters. The number of hydrogen-bond donors (Lipinski definition) is 0. The van der Waals surface area contributed by atoms with Crippen molar-refractivity contribution in [2.45, 2.75) is 63.2 Å². The van der Waals surface area contributed by atoms with Crippen molar-refractivity contribution in [3.63, 3.8) is 0 Å². The van der Waals surface area contributed by atoms with E-state index in [1.54, 1.807) is 0 Å². The second kappa shape index (κ2) is 14.0. The molecule has 56 heavy (non-hydrogen) atoms. The van der Waals surface area contributed by atoms with Crippen LogP contribution in [0.15, 0.2) is 182 Å². The van der Waals surface area contributed by atoms with Gasteiger partial charge in [-0.25, -0.2) is 0 Å². The highest BCUT2D eigenvalue weighted by Gasteiger charge is 2.53. The van der Waals surface area contributed by atoms with E-state index < -0.39 is 0 Å². The van der Waals surface area contributed by atoms with Gasteiger partial charge in [0.25, 0.3) is 0 Å². The van der Waals surface area contributed by atoms with Crippen molar-refractivity contribution < 1.29 is 0 Å². The van der Waals surface area contributed by atoms with Gasteiger partial charge in [-0.1, -0.05) is 136 Å². The number of fused-ring (bicyclic) bond motifs is 5. The first-order valence-corrected chi connectivity index (χ1v) is 20.8. The fourth-order valence-corrected chi connectivity index (χ4v) is 11.3. The third-order valence-corrected chi connectivity index (χ3v) is 13.9. The van der Waals surface area contributed by atoms with Crippen LogP contribution in [0.1, 0.15) is 74.6 Å². The highest BCUT2D eigenvalue weighted by atomic mass is 15.1. The third-order valence-electron chi connectivity index (χ3n) is 13.9. The molecule has 2 nitrogen and oxygen atoms in total. The Morgan fingerprint density at radius 2 is 0.946 bits per heavy atom. The van der Waals surface area contributed by atoms with Gasteiger partial charge in [0.1, 0.15) is 0 Å². The summed E-state index contributed by atoms with van der Waals surface area (Å²) in [6, 6.07) is 68.0. The SMILES string of the molecule is CCC1(CC)c2ccccc2-c2cccc(N(c3ccccc3)c3ccc(C4(c5ccc(N(c6ccccc6)c6ccccc6)cc5)CC5CCC4C5)cc3)c21. The Kier molecular flexibility index (Phi) is 8.66. The summed E-state index contributed by atoms with van der Waals surface area (Å²) >= 11 is 0. The molecule has 0 heterocycles. The number of para-hydroxylation sites is 3. The zero-order valence-corrected chi connectivity index (χ0v) is 32.6. The van der Waals surface area contributed by atoms with E-state index in [9.17, 15) is 0 Å². The molecule has 0 N–H and O–H groups in total. The zero-order chi connectivity index (χ0) is 37.7. The molecule has 0 spiro atoms. The normalized spacial score (nSPS) is 20.0. The van der Waals surface area contributed by atoms with E-state index in [0.29, 0.717) is 5.92 Å². The van der Waals surface area contributed by atoms with Crippen molar-refractivity contribution in [2.75, 3.05) is 9.80 Å². The Morgan fingerprint density at radius 1 is 0.464 bits per heavy atom. The highest BCUT2D eigenvalue weighted by Crippen LogP contribution is 2.61. The van der Waals surface area contributed by atoms with Gasteiger partial charge in [-0.3, -0.25) is 0 Å². The lowest BCUT2D eigenvalue weighted by molar-refractivity contribution is 0.320. The van der Waals surface area contributed by atoms with Crippen molar-refractivity contribution in [2.24, 2.45) is 11.8 Å². The summed E-state index contributed by atoms with van der Waals surface area (Å²) in [7, 11) is 0. The van der Waals surface area contributed by atoms with Crippen LogP contribution >= 0.6 is 0 Å². The molecule has 276 valence electrons. The molecule has 2 heteroatoms. The minimum atomic E-state index is -0.0363. The van der Waals surface area contributed by atoms with Crippen molar-refractivity contribution >= 4 is 34.1 Å². The molecular formula is C54H50N2. The molecule has 7 aromatic rings. The summed E-state index contributed by atoms with van der Waals surface area (Å²) in [4.78, 5) is 4.90. The van der Waals surface area contributed by atoms with Gasteiger partial charge in [-0.05, 0) is 144 Å². The van der Waals surface area contributed by atoms with Gasteiger partial charge in [0.05, 0.1) is 5.69 Å². The second-order valence-corrected chi connectivity index (χ2v) is 16.4. The first-order chi connectivity index (χ1) is 27.6. The predicted octanol–water partition coefficient (Wildman–Crippen LogP) is 14.8. The van der Waals surface area contributed by atoms with Crippen LogP contribution in [0.25, 0.3) is 11.1 Å². The molecule has 2 saturated carbocycles. The quantitative estimate of drug-likeness (QED) is 0.138. The molecule has 3 aliphatic rings. The van der Waals surface area contributed by atoms with Crippen LogP contribution in [0.3, 0.4) is 0 Å². The number of anilines is 6. The van der Waals surface area contributed by atoms with Crippen LogP contribution in [0.4, 0.5) is 34.1 Å².